The summed E-state index contributed by atoms with van der Waals surface area (Å²) in [6, 6.07) is 10.4. The lowest BCUT2D eigenvalue weighted by molar-refractivity contribution is 0.0977. The number of ether oxygens (including phenoxy) is 1. The number of thiocarbonyl (C=S) groups is 1. The van der Waals surface area contributed by atoms with Gasteiger partial charge < -0.3 is 10.1 Å². The maximum atomic E-state index is 12.3. The minimum atomic E-state index is -0.322. The number of carbonyl (C=O) groups excluding carboxylic acids is 1. The highest BCUT2D eigenvalue weighted by molar-refractivity contribution is 7.80. The summed E-state index contributed by atoms with van der Waals surface area (Å²) in [5.74, 6) is 0.399. The number of fused-ring (bicyclic) bond motifs is 1. The molecule has 2 aromatic carbocycles. The molecule has 0 fully saturated rings. The van der Waals surface area contributed by atoms with Gasteiger partial charge in [-0.3, -0.25) is 10.1 Å². The molecule has 0 saturated carbocycles. The first-order chi connectivity index (χ1) is 13.0. The van der Waals surface area contributed by atoms with E-state index >= 15 is 0 Å². The number of hydrogen-bond donors (Lipinski definition) is 2. The molecule has 3 rings (SSSR count). The van der Waals surface area contributed by atoms with Crippen molar-refractivity contribution in [1.82, 2.24) is 10.3 Å². The van der Waals surface area contributed by atoms with Crippen LogP contribution in [0.25, 0.3) is 10.2 Å². The molecule has 0 aliphatic rings. The summed E-state index contributed by atoms with van der Waals surface area (Å²) < 4.78 is 6.36. The average molecular weight is 440 g/mol. The second-order valence-electron chi connectivity index (χ2n) is 5.51. The van der Waals surface area contributed by atoms with Gasteiger partial charge in [-0.1, -0.05) is 41.5 Å². The number of carbonyl (C=O) groups is 1. The van der Waals surface area contributed by atoms with Gasteiger partial charge in [0.2, 0.25) is 0 Å². The Morgan fingerprint density at radius 2 is 1.96 bits per heavy atom. The van der Waals surface area contributed by atoms with E-state index in [9.17, 15) is 4.79 Å². The lowest BCUT2D eigenvalue weighted by atomic mass is 10.2. The van der Waals surface area contributed by atoms with E-state index in [4.69, 9.17) is 40.2 Å². The molecule has 0 saturated heterocycles. The van der Waals surface area contributed by atoms with Crippen LogP contribution in [0, 0.1) is 0 Å². The van der Waals surface area contributed by atoms with Crippen molar-refractivity contribution in [3.63, 3.8) is 0 Å². The van der Waals surface area contributed by atoms with Gasteiger partial charge in [0.25, 0.3) is 5.91 Å². The zero-order valence-corrected chi connectivity index (χ0v) is 17.4. The van der Waals surface area contributed by atoms with Crippen molar-refractivity contribution in [3.8, 4) is 5.75 Å². The third kappa shape index (κ3) is 4.87. The van der Waals surface area contributed by atoms with Crippen LogP contribution in [0.3, 0.4) is 0 Å². The molecule has 0 bridgehead atoms. The van der Waals surface area contributed by atoms with Gasteiger partial charge in [-0.25, -0.2) is 4.98 Å². The van der Waals surface area contributed by atoms with Crippen molar-refractivity contribution in [2.75, 3.05) is 11.9 Å². The van der Waals surface area contributed by atoms with Crippen molar-refractivity contribution >= 4 is 73.1 Å². The summed E-state index contributed by atoms with van der Waals surface area (Å²) in [6.07, 6.45) is 0.922. The summed E-state index contributed by atoms with van der Waals surface area (Å²) in [5.41, 5.74) is 1.07. The smallest absolute Gasteiger partial charge is 0.257 e. The molecule has 0 spiro atoms. The zero-order chi connectivity index (χ0) is 19.4. The lowest BCUT2D eigenvalue weighted by Crippen LogP contribution is -2.34. The first kappa shape index (κ1) is 19.8. The van der Waals surface area contributed by atoms with Crippen LogP contribution in [0.15, 0.2) is 36.4 Å². The summed E-state index contributed by atoms with van der Waals surface area (Å²) in [6.45, 7) is 2.67. The molecule has 27 heavy (non-hydrogen) atoms. The SMILES string of the molecule is CCCOc1ccc(C(=O)NC(=S)Nc2nc3c(Cl)c(Cl)ccc3s2)cc1. The molecule has 1 aromatic heterocycles. The van der Waals surface area contributed by atoms with Crippen LogP contribution in [-0.4, -0.2) is 22.6 Å². The highest BCUT2D eigenvalue weighted by Gasteiger charge is 2.13. The number of benzene rings is 2. The number of amides is 1. The summed E-state index contributed by atoms with van der Waals surface area (Å²) >= 11 is 18.7. The molecular formula is C18H15Cl2N3O2S2. The van der Waals surface area contributed by atoms with Crippen LogP contribution in [0.4, 0.5) is 5.13 Å². The molecule has 1 heterocycles. The molecule has 2 N–H and O–H groups in total. The Kier molecular flexibility index (Phi) is 6.49. The van der Waals surface area contributed by atoms with Gasteiger partial charge >= 0.3 is 0 Å². The molecule has 140 valence electrons. The number of hydrogen-bond acceptors (Lipinski definition) is 5. The first-order valence-corrected chi connectivity index (χ1v) is 10.1. The Bertz CT molecular complexity index is 990. The highest BCUT2D eigenvalue weighted by Crippen LogP contribution is 2.35. The fourth-order valence-electron chi connectivity index (χ4n) is 2.22. The number of nitrogens with one attached hydrogen (secondary N) is 2. The van der Waals surface area contributed by atoms with E-state index in [1.54, 1.807) is 30.3 Å². The van der Waals surface area contributed by atoms with Crippen LogP contribution in [-0.2, 0) is 0 Å². The van der Waals surface area contributed by atoms with Crippen LogP contribution in [0.5, 0.6) is 5.75 Å². The minimum absolute atomic E-state index is 0.146. The van der Waals surface area contributed by atoms with Crippen molar-refractivity contribution < 1.29 is 9.53 Å². The molecule has 9 heteroatoms. The number of nitrogens with zero attached hydrogens (tertiary/aromatic N) is 1. The summed E-state index contributed by atoms with van der Waals surface area (Å²) in [4.78, 5) is 16.7. The third-order valence-corrected chi connectivity index (χ3v) is 5.42. The van der Waals surface area contributed by atoms with Gasteiger partial charge in [0.05, 0.1) is 21.4 Å². The first-order valence-electron chi connectivity index (χ1n) is 8.07. The maximum Gasteiger partial charge on any atom is 0.257 e. The van der Waals surface area contributed by atoms with Gasteiger partial charge in [-0.2, -0.15) is 0 Å². The van der Waals surface area contributed by atoms with Gasteiger partial charge in [-0.15, -0.1) is 0 Å². The molecular weight excluding hydrogens is 425 g/mol. The summed E-state index contributed by atoms with van der Waals surface area (Å²) in [7, 11) is 0. The van der Waals surface area contributed by atoms with Crippen molar-refractivity contribution in [2.24, 2.45) is 0 Å². The fourth-order valence-corrected chi connectivity index (χ4v) is 3.77. The van der Waals surface area contributed by atoms with Crippen molar-refractivity contribution in [3.05, 3.63) is 52.0 Å². The standard InChI is InChI=1S/C18H15Cl2N3O2S2/c1-2-9-25-11-5-3-10(4-6-11)16(24)22-17(26)23-18-21-15-13(27-18)8-7-12(19)14(15)20/h3-8H,2,9H2,1H3,(H2,21,22,23,24,26). The lowest BCUT2D eigenvalue weighted by Gasteiger charge is -2.08. The number of thiazole rings is 1. The Morgan fingerprint density at radius 1 is 1.22 bits per heavy atom. The zero-order valence-electron chi connectivity index (χ0n) is 14.2. The van der Waals surface area contributed by atoms with E-state index in [1.807, 2.05) is 13.0 Å². The Labute approximate surface area is 175 Å². The number of anilines is 1. The topological polar surface area (TPSA) is 63.2 Å². The van der Waals surface area contributed by atoms with Gasteiger partial charge in [0, 0.05) is 5.56 Å². The van der Waals surface area contributed by atoms with Crippen molar-refractivity contribution in [2.45, 2.75) is 13.3 Å². The monoisotopic (exact) mass is 439 g/mol. The number of aromatic nitrogens is 1. The largest absolute Gasteiger partial charge is 0.494 e. The Balaban J connectivity index is 1.63. The fraction of sp³-hybridized carbons (Fsp3) is 0.167. The second-order valence-corrected chi connectivity index (χ2v) is 7.73. The van der Waals surface area contributed by atoms with Gasteiger partial charge in [0.1, 0.15) is 11.3 Å². The molecule has 0 unspecified atom stereocenters. The predicted octanol–water partition coefficient (Wildman–Crippen LogP) is 5.52. The quantitative estimate of drug-likeness (QED) is 0.512. The predicted molar refractivity (Wildman–Crippen MR) is 116 cm³/mol. The molecule has 3 aromatic rings. The molecule has 0 aliphatic carbocycles. The van der Waals surface area contributed by atoms with Crippen molar-refractivity contribution in [1.29, 1.82) is 0 Å². The van der Waals surface area contributed by atoms with Crippen LogP contribution >= 0.6 is 46.8 Å². The van der Waals surface area contributed by atoms with E-state index < -0.39 is 0 Å². The van der Waals surface area contributed by atoms with Crippen LogP contribution < -0.4 is 15.4 Å². The van der Waals surface area contributed by atoms with E-state index in [-0.39, 0.29) is 11.0 Å². The summed E-state index contributed by atoms with van der Waals surface area (Å²) in [5, 5.41) is 7.01. The second kappa shape index (κ2) is 8.84. The van der Waals surface area contributed by atoms with Gasteiger partial charge in [0.15, 0.2) is 10.2 Å². The van der Waals surface area contributed by atoms with Gasteiger partial charge in [-0.05, 0) is 55.0 Å². The Morgan fingerprint density at radius 3 is 2.67 bits per heavy atom. The van der Waals surface area contributed by atoms with E-state index in [1.165, 1.54) is 11.3 Å². The number of halogens is 2. The maximum absolute atomic E-state index is 12.3. The highest BCUT2D eigenvalue weighted by atomic mass is 35.5. The van der Waals surface area contributed by atoms with Crippen LogP contribution in [0.1, 0.15) is 23.7 Å². The molecule has 0 atom stereocenters. The van der Waals surface area contributed by atoms with E-state index in [0.717, 1.165) is 16.9 Å². The normalized spacial score (nSPS) is 10.6. The number of rotatable bonds is 5. The Hall–Kier alpha value is -1.93. The molecule has 0 aliphatic heterocycles. The molecule has 0 radical (unpaired) electrons. The van der Waals surface area contributed by atoms with Crippen LogP contribution in [0.2, 0.25) is 10.0 Å². The average Bonchev–Trinajstić information content (AvgIpc) is 3.06. The van der Waals surface area contributed by atoms with E-state index in [2.05, 4.69) is 15.6 Å². The molecule has 5 nitrogen and oxygen atoms in total. The molecule has 1 amide bonds. The third-order valence-electron chi connectivity index (χ3n) is 3.49. The van der Waals surface area contributed by atoms with E-state index in [0.29, 0.717) is 32.9 Å². The minimum Gasteiger partial charge on any atom is -0.494 e.